The molecular weight excluding hydrogens is 655 g/mol. The monoisotopic (exact) mass is 681 g/mol. The summed E-state index contributed by atoms with van der Waals surface area (Å²) >= 11 is 1.83. The third kappa shape index (κ3) is 4.57. The Kier molecular flexibility index (Phi) is 6.39. The van der Waals surface area contributed by atoms with Crippen LogP contribution in [0.15, 0.2) is 168 Å². The van der Waals surface area contributed by atoms with Gasteiger partial charge in [-0.2, -0.15) is 0 Å². The van der Waals surface area contributed by atoms with Gasteiger partial charge in [-0.15, -0.1) is 11.3 Å². The summed E-state index contributed by atoms with van der Waals surface area (Å²) in [7, 11) is 0. The van der Waals surface area contributed by atoms with E-state index in [-0.39, 0.29) is 0 Å². The van der Waals surface area contributed by atoms with E-state index in [0.717, 1.165) is 77.6 Å². The van der Waals surface area contributed by atoms with Crippen LogP contribution in [0.3, 0.4) is 0 Å². The van der Waals surface area contributed by atoms with E-state index in [9.17, 15) is 0 Å². The Morgan fingerprint density at radius 1 is 0.385 bits per heavy atom. The molecular formula is C47H27N3OS. The molecule has 11 rings (SSSR count). The maximum atomic E-state index is 6.28. The van der Waals surface area contributed by atoms with Crippen molar-refractivity contribution in [1.82, 2.24) is 15.0 Å². The standard InChI is InChI=1S/C47H27N3OS/c1-3-11-28(12-4-1)46-35-22-24-43-45(44(35)34-16-7-9-17-37(34)48-46)36-25-30(20-23-42(36)52-43)38-27-39(50-47(49-38)29-13-5-2-6-14-29)31-19-21-33-32-15-8-10-18-40(32)51-41(33)26-31/h1-27H. The van der Waals surface area contributed by atoms with E-state index in [1.54, 1.807) is 0 Å². The van der Waals surface area contributed by atoms with Gasteiger partial charge in [0.15, 0.2) is 5.82 Å². The highest BCUT2D eigenvalue weighted by atomic mass is 32.1. The van der Waals surface area contributed by atoms with Crippen LogP contribution in [0.1, 0.15) is 0 Å². The van der Waals surface area contributed by atoms with Crippen LogP contribution < -0.4 is 0 Å². The maximum Gasteiger partial charge on any atom is 0.160 e. The lowest BCUT2D eigenvalue weighted by Gasteiger charge is -2.12. The minimum absolute atomic E-state index is 0.683. The first-order chi connectivity index (χ1) is 25.7. The summed E-state index contributed by atoms with van der Waals surface area (Å²) < 4.78 is 8.77. The van der Waals surface area contributed by atoms with Gasteiger partial charge < -0.3 is 4.42 Å². The molecule has 0 saturated carbocycles. The molecule has 4 aromatic heterocycles. The number of fused-ring (bicyclic) bond motifs is 10. The van der Waals surface area contributed by atoms with Crippen LogP contribution in [0.25, 0.3) is 109 Å². The summed E-state index contributed by atoms with van der Waals surface area (Å²) in [5.41, 5.74) is 9.53. The number of furan rings is 1. The number of para-hydroxylation sites is 2. The van der Waals surface area contributed by atoms with E-state index in [1.165, 1.54) is 25.6 Å². The van der Waals surface area contributed by atoms with Gasteiger partial charge in [0, 0.05) is 69.4 Å². The highest BCUT2D eigenvalue weighted by Gasteiger charge is 2.18. The molecule has 242 valence electrons. The Morgan fingerprint density at radius 2 is 1.02 bits per heavy atom. The Hall–Kier alpha value is -6.69. The van der Waals surface area contributed by atoms with Gasteiger partial charge in [-0.05, 0) is 48.5 Å². The minimum Gasteiger partial charge on any atom is -0.456 e. The molecule has 0 radical (unpaired) electrons. The molecule has 0 aliphatic carbocycles. The smallest absolute Gasteiger partial charge is 0.160 e. The number of benzene rings is 7. The molecule has 0 aliphatic heterocycles. The number of thiophene rings is 1. The highest BCUT2D eigenvalue weighted by Crippen LogP contribution is 2.44. The largest absolute Gasteiger partial charge is 0.456 e. The summed E-state index contributed by atoms with van der Waals surface area (Å²) in [4.78, 5) is 15.5. The average molecular weight is 682 g/mol. The van der Waals surface area contributed by atoms with Gasteiger partial charge in [-0.3, -0.25) is 0 Å². The van der Waals surface area contributed by atoms with E-state index in [4.69, 9.17) is 19.4 Å². The number of rotatable bonds is 4. The van der Waals surface area contributed by atoms with Gasteiger partial charge in [0.25, 0.3) is 0 Å². The molecule has 52 heavy (non-hydrogen) atoms. The predicted octanol–water partition coefficient (Wildman–Crippen LogP) is 13.1. The van der Waals surface area contributed by atoms with Crippen LogP contribution in [0.5, 0.6) is 0 Å². The number of nitrogens with zero attached hydrogens (tertiary/aromatic N) is 3. The zero-order valence-electron chi connectivity index (χ0n) is 27.7. The fourth-order valence-electron chi connectivity index (χ4n) is 7.63. The molecule has 0 unspecified atom stereocenters. The molecule has 5 heteroatoms. The third-order valence-corrected chi connectivity index (χ3v) is 11.2. The zero-order chi connectivity index (χ0) is 34.2. The topological polar surface area (TPSA) is 51.8 Å². The zero-order valence-corrected chi connectivity index (χ0v) is 28.6. The normalized spacial score (nSPS) is 11.8. The molecule has 0 N–H and O–H groups in total. The second-order valence-corrected chi connectivity index (χ2v) is 14.2. The molecule has 7 aromatic carbocycles. The number of hydrogen-bond donors (Lipinski definition) is 0. The summed E-state index contributed by atoms with van der Waals surface area (Å²) in [6.45, 7) is 0. The second-order valence-electron chi connectivity index (χ2n) is 13.2. The van der Waals surface area contributed by atoms with Gasteiger partial charge in [0.2, 0.25) is 0 Å². The van der Waals surface area contributed by atoms with Crippen molar-refractivity contribution in [2.45, 2.75) is 0 Å². The lowest BCUT2D eigenvalue weighted by molar-refractivity contribution is 0.669. The van der Waals surface area contributed by atoms with Gasteiger partial charge in [0.1, 0.15) is 11.2 Å². The van der Waals surface area contributed by atoms with Gasteiger partial charge >= 0.3 is 0 Å². The highest BCUT2D eigenvalue weighted by molar-refractivity contribution is 7.26. The molecule has 0 atom stereocenters. The molecule has 0 amide bonds. The van der Waals surface area contributed by atoms with Crippen molar-refractivity contribution >= 4 is 75.1 Å². The fourth-order valence-corrected chi connectivity index (χ4v) is 8.72. The van der Waals surface area contributed by atoms with Gasteiger partial charge in [-0.25, -0.2) is 15.0 Å². The molecule has 4 heterocycles. The first-order valence-electron chi connectivity index (χ1n) is 17.3. The minimum atomic E-state index is 0.683. The van der Waals surface area contributed by atoms with E-state index in [0.29, 0.717) is 5.82 Å². The first-order valence-corrected chi connectivity index (χ1v) is 18.2. The van der Waals surface area contributed by atoms with Crippen LogP contribution in [-0.2, 0) is 0 Å². The van der Waals surface area contributed by atoms with E-state index in [2.05, 4.69) is 127 Å². The van der Waals surface area contributed by atoms with Crippen LogP contribution in [0, 0.1) is 0 Å². The van der Waals surface area contributed by atoms with Crippen molar-refractivity contribution in [2.75, 3.05) is 0 Å². The summed E-state index contributed by atoms with van der Waals surface area (Å²) in [5, 5.41) is 8.21. The van der Waals surface area contributed by atoms with E-state index in [1.807, 2.05) is 47.7 Å². The van der Waals surface area contributed by atoms with Crippen LogP contribution in [-0.4, -0.2) is 15.0 Å². The predicted molar refractivity (Wildman–Crippen MR) is 217 cm³/mol. The second kappa shape index (κ2) is 11.4. The summed E-state index contributed by atoms with van der Waals surface area (Å²) in [6, 6.07) is 57.1. The van der Waals surface area contributed by atoms with Crippen LogP contribution in [0.4, 0.5) is 0 Å². The van der Waals surface area contributed by atoms with Crippen molar-refractivity contribution in [3.8, 4) is 45.2 Å². The van der Waals surface area contributed by atoms with Crippen molar-refractivity contribution in [1.29, 1.82) is 0 Å². The molecule has 0 bridgehead atoms. The van der Waals surface area contributed by atoms with Crippen molar-refractivity contribution in [3.63, 3.8) is 0 Å². The average Bonchev–Trinajstić information content (AvgIpc) is 3.78. The molecule has 0 fully saturated rings. The third-order valence-electron chi connectivity index (χ3n) is 10.1. The molecule has 0 spiro atoms. The lowest BCUT2D eigenvalue weighted by Crippen LogP contribution is -1.95. The van der Waals surface area contributed by atoms with E-state index >= 15 is 0 Å². The van der Waals surface area contributed by atoms with Crippen LogP contribution >= 0.6 is 11.3 Å². The molecule has 11 aromatic rings. The van der Waals surface area contributed by atoms with Crippen molar-refractivity contribution < 1.29 is 4.42 Å². The molecule has 0 aliphatic rings. The van der Waals surface area contributed by atoms with Gasteiger partial charge in [-0.1, -0.05) is 115 Å². The van der Waals surface area contributed by atoms with Crippen LogP contribution in [0.2, 0.25) is 0 Å². The number of aromatic nitrogens is 3. The first kappa shape index (κ1) is 29.1. The lowest BCUT2D eigenvalue weighted by atomic mass is 9.95. The van der Waals surface area contributed by atoms with Crippen molar-refractivity contribution in [2.24, 2.45) is 0 Å². The Balaban J connectivity index is 1.15. The van der Waals surface area contributed by atoms with Crippen molar-refractivity contribution in [3.05, 3.63) is 164 Å². The summed E-state index contributed by atoms with van der Waals surface area (Å²) in [6.07, 6.45) is 0. The Bertz CT molecular complexity index is 3180. The fraction of sp³-hybridized carbons (Fsp3) is 0. The molecule has 4 nitrogen and oxygen atoms in total. The summed E-state index contributed by atoms with van der Waals surface area (Å²) in [5.74, 6) is 0.683. The number of pyridine rings is 1. The quantitative estimate of drug-likeness (QED) is 0.174. The molecule has 0 saturated heterocycles. The van der Waals surface area contributed by atoms with Gasteiger partial charge in [0.05, 0.1) is 22.6 Å². The Labute approximate surface area is 302 Å². The SMILES string of the molecule is c1ccc(-c2nc(-c3ccc4c(c3)oc3ccccc34)cc(-c3ccc4sc5ccc6c(-c7ccccc7)nc7ccccc7c6c5c4c3)n2)cc1. The van der Waals surface area contributed by atoms with E-state index < -0.39 is 0 Å². The number of hydrogen-bond acceptors (Lipinski definition) is 5. The Morgan fingerprint density at radius 3 is 1.85 bits per heavy atom. The maximum absolute atomic E-state index is 6.28.